The van der Waals surface area contributed by atoms with Gasteiger partial charge in [-0.15, -0.1) is 11.3 Å². The lowest BCUT2D eigenvalue weighted by Gasteiger charge is -2.17. The van der Waals surface area contributed by atoms with Gasteiger partial charge in [0.25, 0.3) is 11.8 Å². The van der Waals surface area contributed by atoms with Crippen molar-refractivity contribution in [2.75, 3.05) is 6.61 Å². The Morgan fingerprint density at radius 2 is 1.77 bits per heavy atom. The van der Waals surface area contributed by atoms with E-state index in [1.807, 2.05) is 73.8 Å². The fraction of sp³-hybridized carbons (Fsp3) is 0.167. The summed E-state index contributed by atoms with van der Waals surface area (Å²) in [6, 6.07) is 20.1. The van der Waals surface area contributed by atoms with Gasteiger partial charge in [0.15, 0.2) is 0 Å². The molecule has 1 aromatic heterocycles. The lowest BCUT2D eigenvalue weighted by Crippen LogP contribution is -2.41. The van der Waals surface area contributed by atoms with E-state index in [1.54, 1.807) is 18.2 Å². The molecule has 0 bridgehead atoms. The Labute approximate surface area is 180 Å². The van der Waals surface area contributed by atoms with E-state index in [9.17, 15) is 9.59 Å². The van der Waals surface area contributed by atoms with Crippen LogP contribution in [0.25, 0.3) is 6.08 Å². The lowest BCUT2D eigenvalue weighted by atomic mass is 10.1. The molecule has 2 aromatic carbocycles. The maximum atomic E-state index is 12.9. The van der Waals surface area contributed by atoms with Crippen molar-refractivity contribution in [1.82, 2.24) is 10.6 Å². The molecular formula is C24H24N2O3S. The first-order valence-electron chi connectivity index (χ1n) is 9.63. The number of rotatable bonds is 8. The minimum absolute atomic E-state index is 0.189. The number of ether oxygens (including phenoxy) is 1. The molecule has 0 saturated heterocycles. The molecule has 0 radical (unpaired) electrons. The van der Waals surface area contributed by atoms with Crippen molar-refractivity contribution >= 4 is 29.2 Å². The summed E-state index contributed by atoms with van der Waals surface area (Å²) >= 11 is 1.49. The third-order valence-electron chi connectivity index (χ3n) is 4.26. The molecule has 3 aromatic rings. The molecule has 0 aliphatic carbocycles. The van der Waals surface area contributed by atoms with Gasteiger partial charge in [0, 0.05) is 10.4 Å². The molecule has 5 nitrogen and oxygen atoms in total. The highest BCUT2D eigenvalue weighted by Gasteiger charge is 2.17. The van der Waals surface area contributed by atoms with Crippen molar-refractivity contribution in [1.29, 1.82) is 0 Å². The second-order valence-electron chi connectivity index (χ2n) is 6.89. The summed E-state index contributed by atoms with van der Waals surface area (Å²) in [5.74, 6) is 0.0368. The highest BCUT2D eigenvalue weighted by molar-refractivity contribution is 7.10. The Morgan fingerprint density at radius 1 is 1.03 bits per heavy atom. The van der Waals surface area contributed by atoms with Crippen LogP contribution in [0.1, 0.15) is 27.7 Å². The monoisotopic (exact) mass is 420 g/mol. The summed E-state index contributed by atoms with van der Waals surface area (Å²) in [4.78, 5) is 26.4. The molecule has 0 spiro atoms. The van der Waals surface area contributed by atoms with E-state index >= 15 is 0 Å². The van der Waals surface area contributed by atoms with E-state index in [0.29, 0.717) is 12.2 Å². The summed E-state index contributed by atoms with van der Waals surface area (Å²) in [5.41, 5.74) is 1.74. The predicted octanol–water partition coefficient (Wildman–Crippen LogP) is 4.41. The Hall–Kier alpha value is -3.38. The molecule has 1 atom stereocenters. The topological polar surface area (TPSA) is 67.4 Å². The third-order valence-corrected chi connectivity index (χ3v) is 5.08. The van der Waals surface area contributed by atoms with Gasteiger partial charge in [0.2, 0.25) is 0 Å². The zero-order valence-corrected chi connectivity index (χ0v) is 17.7. The molecule has 2 amide bonds. The normalized spacial score (nSPS) is 12.1. The van der Waals surface area contributed by atoms with Gasteiger partial charge >= 0.3 is 0 Å². The average Bonchev–Trinajstić information content (AvgIpc) is 3.26. The van der Waals surface area contributed by atoms with Crippen molar-refractivity contribution in [3.8, 4) is 5.75 Å². The largest absolute Gasteiger partial charge is 0.491 e. The molecular weight excluding hydrogens is 396 g/mol. The van der Waals surface area contributed by atoms with Gasteiger partial charge in [-0.2, -0.15) is 0 Å². The molecule has 0 saturated carbocycles. The zero-order valence-electron chi connectivity index (χ0n) is 16.9. The molecule has 2 N–H and O–H groups in total. The fourth-order valence-electron chi connectivity index (χ4n) is 2.65. The van der Waals surface area contributed by atoms with Gasteiger partial charge in [0.05, 0.1) is 6.04 Å². The SMILES string of the molecule is Cc1ccc(C(=O)N/C(=C\c2cccs2)C(=O)N[C@H](C)COc2ccccc2)cc1. The molecule has 154 valence electrons. The summed E-state index contributed by atoms with van der Waals surface area (Å²) in [6.07, 6.45) is 1.68. The van der Waals surface area contributed by atoms with Crippen molar-refractivity contribution in [3.63, 3.8) is 0 Å². The molecule has 30 heavy (non-hydrogen) atoms. The number of para-hydroxylation sites is 1. The second-order valence-corrected chi connectivity index (χ2v) is 7.87. The van der Waals surface area contributed by atoms with Gasteiger partial charge < -0.3 is 15.4 Å². The summed E-state index contributed by atoms with van der Waals surface area (Å²) in [5, 5.41) is 7.55. The number of carbonyl (C=O) groups is 2. The Bertz CT molecular complexity index is 997. The standard InChI is InChI=1S/C24H24N2O3S/c1-17-10-12-19(13-11-17)23(27)26-22(15-21-9-6-14-30-21)24(28)25-18(2)16-29-20-7-4-3-5-8-20/h3-15,18H,16H2,1-2H3,(H,25,28)(H,26,27)/b22-15-/t18-/m1/s1. The van der Waals surface area contributed by atoms with E-state index in [-0.39, 0.29) is 23.6 Å². The number of thiophene rings is 1. The molecule has 0 aliphatic rings. The molecule has 1 heterocycles. The number of aryl methyl sites for hydroxylation is 1. The Kier molecular flexibility index (Phi) is 7.40. The number of hydrogen-bond donors (Lipinski definition) is 2. The van der Waals surface area contributed by atoms with Crippen molar-refractivity contribution in [2.24, 2.45) is 0 Å². The van der Waals surface area contributed by atoms with Crippen LogP contribution in [0.4, 0.5) is 0 Å². The maximum Gasteiger partial charge on any atom is 0.268 e. The van der Waals surface area contributed by atoms with Crippen molar-refractivity contribution < 1.29 is 14.3 Å². The number of carbonyl (C=O) groups excluding carboxylic acids is 2. The fourth-order valence-corrected chi connectivity index (χ4v) is 3.31. The van der Waals surface area contributed by atoms with Crippen LogP contribution in [0.3, 0.4) is 0 Å². The van der Waals surface area contributed by atoms with Gasteiger partial charge in [-0.25, -0.2) is 0 Å². The predicted molar refractivity (Wildman–Crippen MR) is 120 cm³/mol. The summed E-state index contributed by atoms with van der Waals surface area (Å²) in [7, 11) is 0. The highest BCUT2D eigenvalue weighted by Crippen LogP contribution is 2.14. The average molecular weight is 421 g/mol. The number of benzene rings is 2. The smallest absolute Gasteiger partial charge is 0.268 e. The first-order valence-corrected chi connectivity index (χ1v) is 10.5. The van der Waals surface area contributed by atoms with E-state index in [4.69, 9.17) is 4.74 Å². The van der Waals surface area contributed by atoms with Gasteiger partial charge in [-0.1, -0.05) is 42.0 Å². The summed E-state index contributed by atoms with van der Waals surface area (Å²) in [6.45, 7) is 4.12. The van der Waals surface area contributed by atoms with Crippen LogP contribution < -0.4 is 15.4 Å². The molecule has 6 heteroatoms. The van der Waals surface area contributed by atoms with E-state index in [0.717, 1.165) is 16.2 Å². The first-order chi connectivity index (χ1) is 14.5. The van der Waals surface area contributed by atoms with Gasteiger partial charge in [-0.3, -0.25) is 9.59 Å². The highest BCUT2D eigenvalue weighted by atomic mass is 32.1. The van der Waals surface area contributed by atoms with E-state index in [1.165, 1.54) is 11.3 Å². The van der Waals surface area contributed by atoms with Crippen LogP contribution in [-0.4, -0.2) is 24.5 Å². The first kappa shape index (κ1) is 21.3. The van der Waals surface area contributed by atoms with Crippen LogP contribution in [0, 0.1) is 6.92 Å². The van der Waals surface area contributed by atoms with E-state index in [2.05, 4.69) is 10.6 Å². The van der Waals surface area contributed by atoms with Crippen molar-refractivity contribution in [3.05, 3.63) is 93.8 Å². The maximum absolute atomic E-state index is 12.9. The Morgan fingerprint density at radius 3 is 2.43 bits per heavy atom. The van der Waals surface area contributed by atoms with Crippen molar-refractivity contribution in [2.45, 2.75) is 19.9 Å². The minimum Gasteiger partial charge on any atom is -0.491 e. The van der Waals surface area contributed by atoms with Crippen LogP contribution >= 0.6 is 11.3 Å². The second kappa shape index (κ2) is 10.4. The zero-order chi connectivity index (χ0) is 21.3. The van der Waals surface area contributed by atoms with Gasteiger partial charge in [-0.05, 0) is 55.6 Å². The number of amides is 2. The van der Waals surface area contributed by atoms with Gasteiger partial charge in [0.1, 0.15) is 18.1 Å². The lowest BCUT2D eigenvalue weighted by molar-refractivity contribution is -0.118. The minimum atomic E-state index is -0.368. The quantitative estimate of drug-likeness (QED) is 0.531. The number of nitrogens with one attached hydrogen (secondary N) is 2. The van der Waals surface area contributed by atoms with Crippen LogP contribution in [-0.2, 0) is 4.79 Å². The molecule has 3 rings (SSSR count). The number of hydrogen-bond acceptors (Lipinski definition) is 4. The molecule has 0 unspecified atom stereocenters. The summed E-state index contributed by atoms with van der Waals surface area (Å²) < 4.78 is 5.70. The third kappa shape index (κ3) is 6.32. The van der Waals surface area contributed by atoms with E-state index < -0.39 is 0 Å². The van der Waals surface area contributed by atoms with Crippen LogP contribution in [0.5, 0.6) is 5.75 Å². The Balaban J connectivity index is 1.67. The molecule has 0 aliphatic heterocycles. The van der Waals surface area contributed by atoms with Crippen LogP contribution in [0.15, 0.2) is 77.8 Å². The van der Waals surface area contributed by atoms with Crippen LogP contribution in [0.2, 0.25) is 0 Å². The molecule has 0 fully saturated rings.